The molecule has 0 aliphatic heterocycles. The Balaban J connectivity index is 2.71. The largest absolute Gasteiger partial charge is 0.393 e. The fourth-order valence-electron chi connectivity index (χ4n) is 1.13. The zero-order valence-electron chi connectivity index (χ0n) is 9.12. The highest BCUT2D eigenvalue weighted by atomic mass is 35.5. The Labute approximate surface area is 109 Å². The van der Waals surface area contributed by atoms with Gasteiger partial charge in [0.1, 0.15) is 4.88 Å². The average Bonchev–Trinajstić information content (AvgIpc) is 2.55. The molecule has 88 valence electrons. The van der Waals surface area contributed by atoms with Gasteiger partial charge >= 0.3 is 0 Å². The van der Waals surface area contributed by atoms with Crippen LogP contribution in [0.5, 0.6) is 0 Å². The lowest BCUT2D eigenvalue weighted by molar-refractivity contribution is 0.0804. The minimum Gasteiger partial charge on any atom is -0.393 e. The minimum absolute atomic E-state index is 0.0839. The Hall–Kier alpha value is -0.650. The second-order valence-corrected chi connectivity index (χ2v) is 5.29. The normalized spacial score (nSPS) is 10.2. The van der Waals surface area contributed by atoms with Crippen molar-refractivity contribution in [1.29, 1.82) is 0 Å². The molecule has 1 amide bonds. The standard InChI is InChI=1S/C10H13ClN2OS2/c1-6-5-16-9(8(6)11)10(14)13(2)4-3-7(12)15/h5H,3-4H2,1-2H3,(H2,12,15). The van der Waals surface area contributed by atoms with Crippen LogP contribution in [0, 0.1) is 6.92 Å². The first-order valence-electron chi connectivity index (χ1n) is 4.71. The van der Waals surface area contributed by atoms with Crippen molar-refractivity contribution in [3.63, 3.8) is 0 Å². The lowest BCUT2D eigenvalue weighted by Crippen LogP contribution is -2.29. The number of halogens is 1. The Morgan fingerprint density at radius 1 is 1.69 bits per heavy atom. The van der Waals surface area contributed by atoms with Crippen LogP contribution in [0.4, 0.5) is 0 Å². The summed E-state index contributed by atoms with van der Waals surface area (Å²) in [6.07, 6.45) is 0.527. The second-order valence-electron chi connectivity index (χ2n) is 3.50. The number of nitrogens with two attached hydrogens (primary N) is 1. The third kappa shape index (κ3) is 3.17. The molecular weight excluding hydrogens is 264 g/mol. The molecule has 0 spiro atoms. The van der Waals surface area contributed by atoms with Gasteiger partial charge in [0.25, 0.3) is 5.91 Å². The molecule has 0 aliphatic rings. The van der Waals surface area contributed by atoms with Gasteiger partial charge in [-0.15, -0.1) is 11.3 Å². The summed E-state index contributed by atoms with van der Waals surface area (Å²) in [5.74, 6) is -0.0839. The van der Waals surface area contributed by atoms with Crippen LogP contribution in [0.25, 0.3) is 0 Å². The molecule has 0 saturated heterocycles. The lowest BCUT2D eigenvalue weighted by atomic mass is 10.3. The predicted molar refractivity (Wildman–Crippen MR) is 72.4 cm³/mol. The van der Waals surface area contributed by atoms with E-state index >= 15 is 0 Å². The van der Waals surface area contributed by atoms with Gasteiger partial charge < -0.3 is 10.6 Å². The topological polar surface area (TPSA) is 46.3 Å². The van der Waals surface area contributed by atoms with Crippen molar-refractivity contribution in [3.05, 3.63) is 20.8 Å². The number of hydrogen-bond acceptors (Lipinski definition) is 3. The average molecular weight is 277 g/mol. The summed E-state index contributed by atoms with van der Waals surface area (Å²) in [7, 11) is 1.71. The van der Waals surface area contributed by atoms with Gasteiger partial charge in [-0.25, -0.2) is 0 Å². The number of carbonyl (C=O) groups is 1. The molecule has 1 aromatic rings. The van der Waals surface area contributed by atoms with E-state index in [0.29, 0.717) is 27.9 Å². The molecule has 1 rings (SSSR count). The summed E-state index contributed by atoms with van der Waals surface area (Å²) in [5.41, 5.74) is 6.31. The number of rotatable bonds is 4. The Bertz CT molecular complexity index is 417. The van der Waals surface area contributed by atoms with Crippen molar-refractivity contribution in [2.75, 3.05) is 13.6 Å². The number of thiophene rings is 1. The zero-order chi connectivity index (χ0) is 12.3. The third-order valence-electron chi connectivity index (χ3n) is 2.13. The summed E-state index contributed by atoms with van der Waals surface area (Å²) in [4.78, 5) is 14.5. The van der Waals surface area contributed by atoms with E-state index in [2.05, 4.69) is 0 Å². The highest BCUT2D eigenvalue weighted by Crippen LogP contribution is 2.28. The zero-order valence-corrected chi connectivity index (χ0v) is 11.5. The monoisotopic (exact) mass is 276 g/mol. The van der Waals surface area contributed by atoms with Crippen molar-refractivity contribution in [3.8, 4) is 0 Å². The van der Waals surface area contributed by atoms with E-state index in [4.69, 9.17) is 29.6 Å². The molecule has 3 nitrogen and oxygen atoms in total. The number of carbonyl (C=O) groups excluding carboxylic acids is 1. The summed E-state index contributed by atoms with van der Waals surface area (Å²) >= 11 is 12.1. The van der Waals surface area contributed by atoms with Gasteiger partial charge in [0, 0.05) is 20.0 Å². The predicted octanol–water partition coefficient (Wildman–Crippen LogP) is 2.46. The summed E-state index contributed by atoms with van der Waals surface area (Å²) in [6, 6.07) is 0. The van der Waals surface area contributed by atoms with Crippen LogP contribution >= 0.6 is 35.2 Å². The van der Waals surface area contributed by atoms with E-state index in [1.165, 1.54) is 11.3 Å². The number of hydrogen-bond donors (Lipinski definition) is 1. The van der Waals surface area contributed by atoms with Crippen LogP contribution in [0.1, 0.15) is 21.7 Å². The Kier molecular flexibility index (Phi) is 4.70. The first kappa shape index (κ1) is 13.4. The van der Waals surface area contributed by atoms with Gasteiger partial charge in [-0.2, -0.15) is 0 Å². The van der Waals surface area contributed by atoms with E-state index in [0.717, 1.165) is 5.56 Å². The Morgan fingerprint density at radius 2 is 2.31 bits per heavy atom. The molecule has 2 N–H and O–H groups in total. The van der Waals surface area contributed by atoms with Gasteiger partial charge in [0.2, 0.25) is 0 Å². The second kappa shape index (κ2) is 5.61. The van der Waals surface area contributed by atoms with Crippen LogP contribution in [-0.2, 0) is 0 Å². The van der Waals surface area contributed by atoms with Crippen LogP contribution in [0.15, 0.2) is 5.38 Å². The summed E-state index contributed by atoms with van der Waals surface area (Å²) in [5, 5.41) is 2.41. The van der Waals surface area contributed by atoms with E-state index in [1.807, 2.05) is 12.3 Å². The number of aryl methyl sites for hydroxylation is 1. The number of nitrogens with zero attached hydrogens (tertiary/aromatic N) is 1. The van der Waals surface area contributed by atoms with Crippen molar-refractivity contribution in [2.45, 2.75) is 13.3 Å². The first-order chi connectivity index (χ1) is 7.43. The minimum atomic E-state index is -0.0839. The molecule has 0 fully saturated rings. The molecule has 16 heavy (non-hydrogen) atoms. The molecule has 6 heteroatoms. The van der Waals surface area contributed by atoms with E-state index in [-0.39, 0.29) is 5.91 Å². The van der Waals surface area contributed by atoms with Crippen molar-refractivity contribution >= 4 is 46.1 Å². The third-order valence-corrected chi connectivity index (χ3v) is 4.02. The molecule has 0 aromatic carbocycles. The highest BCUT2D eigenvalue weighted by molar-refractivity contribution is 7.80. The SMILES string of the molecule is Cc1csc(C(=O)N(C)CCC(N)=S)c1Cl. The van der Waals surface area contributed by atoms with Crippen LogP contribution in [0.2, 0.25) is 5.02 Å². The van der Waals surface area contributed by atoms with Crippen molar-refractivity contribution < 1.29 is 4.79 Å². The number of thiocarbonyl (C=S) groups is 1. The van der Waals surface area contributed by atoms with Gasteiger partial charge in [-0.05, 0) is 17.9 Å². The van der Waals surface area contributed by atoms with Gasteiger partial charge in [-0.1, -0.05) is 23.8 Å². The van der Waals surface area contributed by atoms with Crippen molar-refractivity contribution in [2.24, 2.45) is 5.73 Å². The molecule has 0 saturated carbocycles. The summed E-state index contributed by atoms with van der Waals surface area (Å²) < 4.78 is 0. The molecule has 0 atom stereocenters. The molecular formula is C10H13ClN2OS2. The van der Waals surface area contributed by atoms with Crippen LogP contribution in [0.3, 0.4) is 0 Å². The van der Waals surface area contributed by atoms with Crippen LogP contribution < -0.4 is 5.73 Å². The Morgan fingerprint density at radius 3 is 2.75 bits per heavy atom. The fourth-order valence-corrected chi connectivity index (χ4v) is 2.49. The van der Waals surface area contributed by atoms with E-state index in [1.54, 1.807) is 11.9 Å². The quantitative estimate of drug-likeness (QED) is 0.860. The smallest absolute Gasteiger partial charge is 0.265 e. The molecule has 1 heterocycles. The molecule has 0 aliphatic carbocycles. The molecule has 1 aromatic heterocycles. The maximum Gasteiger partial charge on any atom is 0.265 e. The van der Waals surface area contributed by atoms with Crippen LogP contribution in [-0.4, -0.2) is 29.4 Å². The molecule has 0 bridgehead atoms. The molecule has 0 unspecified atom stereocenters. The first-order valence-corrected chi connectivity index (χ1v) is 6.37. The van der Waals surface area contributed by atoms with Crippen molar-refractivity contribution in [1.82, 2.24) is 4.90 Å². The number of amides is 1. The van der Waals surface area contributed by atoms with E-state index in [9.17, 15) is 4.79 Å². The maximum atomic E-state index is 12.0. The lowest BCUT2D eigenvalue weighted by Gasteiger charge is -2.15. The molecule has 0 radical (unpaired) electrons. The van der Waals surface area contributed by atoms with Gasteiger partial charge in [0.05, 0.1) is 10.0 Å². The summed E-state index contributed by atoms with van der Waals surface area (Å²) in [6.45, 7) is 2.39. The maximum absolute atomic E-state index is 12.0. The van der Waals surface area contributed by atoms with Gasteiger partial charge in [0.15, 0.2) is 0 Å². The highest BCUT2D eigenvalue weighted by Gasteiger charge is 2.18. The fraction of sp³-hybridized carbons (Fsp3) is 0.400. The van der Waals surface area contributed by atoms with Gasteiger partial charge in [-0.3, -0.25) is 4.79 Å². The van der Waals surface area contributed by atoms with E-state index < -0.39 is 0 Å².